The van der Waals surface area contributed by atoms with E-state index in [4.69, 9.17) is 11.6 Å². The molecule has 0 fully saturated rings. The lowest BCUT2D eigenvalue weighted by Gasteiger charge is -2.18. The zero-order chi connectivity index (χ0) is 17.9. The van der Waals surface area contributed by atoms with Crippen molar-refractivity contribution in [2.24, 2.45) is 0 Å². The summed E-state index contributed by atoms with van der Waals surface area (Å²) in [5.74, 6) is -0.810. The minimum Gasteiger partial charge on any atom is -0.337 e. The summed E-state index contributed by atoms with van der Waals surface area (Å²) in [6.07, 6.45) is 1.04. The Morgan fingerprint density at radius 3 is 2.38 bits per heavy atom. The molecule has 0 aliphatic rings. The van der Waals surface area contributed by atoms with Crippen molar-refractivity contribution in [3.8, 4) is 0 Å². The fourth-order valence-corrected chi connectivity index (χ4v) is 2.89. The van der Waals surface area contributed by atoms with Crippen molar-refractivity contribution in [1.82, 2.24) is 4.90 Å². The maximum Gasteiger partial charge on any atom is 0.253 e. The molecule has 0 heterocycles. The monoisotopic (exact) mass is 370 g/mol. The summed E-state index contributed by atoms with van der Waals surface area (Å²) in [4.78, 5) is 13.7. The molecule has 1 amide bonds. The van der Waals surface area contributed by atoms with Crippen molar-refractivity contribution in [3.63, 3.8) is 0 Å². The Kier molecular flexibility index (Phi) is 5.46. The summed E-state index contributed by atoms with van der Waals surface area (Å²) in [5.41, 5.74) is 0.947. The minimum atomic E-state index is -3.38. The Labute approximate surface area is 145 Å². The molecule has 0 unspecified atom stereocenters. The van der Waals surface area contributed by atoms with Gasteiger partial charge in [0.2, 0.25) is 10.0 Å². The molecular weight excluding hydrogens is 355 g/mol. The van der Waals surface area contributed by atoms with E-state index in [0.717, 1.165) is 6.26 Å². The summed E-state index contributed by atoms with van der Waals surface area (Å²) < 4.78 is 38.4. The molecule has 2 rings (SSSR count). The molecule has 8 heteroatoms. The van der Waals surface area contributed by atoms with Crippen molar-refractivity contribution in [1.29, 1.82) is 0 Å². The van der Waals surface area contributed by atoms with Crippen LogP contribution in [0, 0.1) is 5.82 Å². The van der Waals surface area contributed by atoms with Gasteiger partial charge in [0.05, 0.1) is 6.26 Å². The smallest absolute Gasteiger partial charge is 0.253 e. The summed E-state index contributed by atoms with van der Waals surface area (Å²) in [6, 6.07) is 10.3. The average Bonchev–Trinajstić information content (AvgIpc) is 2.49. The van der Waals surface area contributed by atoms with Gasteiger partial charge < -0.3 is 4.90 Å². The molecule has 2 aromatic rings. The van der Waals surface area contributed by atoms with Gasteiger partial charge in [-0.15, -0.1) is 0 Å². The Bertz CT molecular complexity index is 834. The van der Waals surface area contributed by atoms with Gasteiger partial charge in [-0.3, -0.25) is 9.52 Å². The van der Waals surface area contributed by atoms with Crippen molar-refractivity contribution in [2.75, 3.05) is 18.0 Å². The van der Waals surface area contributed by atoms with E-state index in [1.54, 1.807) is 6.07 Å². The summed E-state index contributed by atoms with van der Waals surface area (Å²) in [5, 5.41) is 0.252. The highest BCUT2D eigenvalue weighted by Gasteiger charge is 2.16. The zero-order valence-corrected chi connectivity index (χ0v) is 14.7. The average molecular weight is 371 g/mol. The quantitative estimate of drug-likeness (QED) is 0.879. The highest BCUT2D eigenvalue weighted by Crippen LogP contribution is 2.21. The first kappa shape index (κ1) is 18.2. The standard InChI is InChI=1S/C16H16ClFN2O3S/c1-20(10-13-14(17)4-3-5-15(13)18)16(21)11-6-8-12(9-7-11)19-24(2,22)23/h3-9,19H,10H2,1-2H3. The van der Waals surface area contributed by atoms with Gasteiger partial charge in [-0.05, 0) is 36.4 Å². The number of sulfonamides is 1. The van der Waals surface area contributed by atoms with E-state index in [1.807, 2.05) is 0 Å². The molecule has 0 bridgehead atoms. The SMILES string of the molecule is CN(Cc1c(F)cccc1Cl)C(=O)c1ccc(NS(C)(=O)=O)cc1. The number of rotatable bonds is 5. The molecule has 0 aliphatic carbocycles. The van der Waals surface area contributed by atoms with Crippen LogP contribution in [0.15, 0.2) is 42.5 Å². The van der Waals surface area contributed by atoms with Crippen LogP contribution in [0.4, 0.5) is 10.1 Å². The number of amides is 1. The van der Waals surface area contributed by atoms with Crippen LogP contribution in [0.5, 0.6) is 0 Å². The number of hydrogen-bond donors (Lipinski definition) is 1. The number of benzene rings is 2. The van der Waals surface area contributed by atoms with Gasteiger partial charge in [-0.2, -0.15) is 0 Å². The molecule has 0 saturated carbocycles. The zero-order valence-electron chi connectivity index (χ0n) is 13.1. The lowest BCUT2D eigenvalue weighted by molar-refractivity contribution is 0.0784. The molecule has 0 aliphatic heterocycles. The topological polar surface area (TPSA) is 66.5 Å². The van der Waals surface area contributed by atoms with Gasteiger partial charge >= 0.3 is 0 Å². The first-order valence-corrected chi connectivity index (χ1v) is 9.20. The van der Waals surface area contributed by atoms with Crippen LogP contribution < -0.4 is 4.72 Å². The largest absolute Gasteiger partial charge is 0.337 e. The van der Waals surface area contributed by atoms with Crippen molar-refractivity contribution in [2.45, 2.75) is 6.54 Å². The molecule has 0 spiro atoms. The normalized spacial score (nSPS) is 11.2. The van der Waals surface area contributed by atoms with Crippen LogP contribution >= 0.6 is 11.6 Å². The Morgan fingerprint density at radius 2 is 1.83 bits per heavy atom. The fraction of sp³-hybridized carbons (Fsp3) is 0.188. The first-order chi connectivity index (χ1) is 11.2. The molecule has 128 valence electrons. The van der Waals surface area contributed by atoms with Gasteiger partial charge in [0.25, 0.3) is 5.91 Å². The number of halogens is 2. The van der Waals surface area contributed by atoms with E-state index >= 15 is 0 Å². The molecular formula is C16H16ClFN2O3S. The van der Waals surface area contributed by atoms with Gasteiger partial charge in [0.1, 0.15) is 5.82 Å². The highest BCUT2D eigenvalue weighted by atomic mass is 35.5. The molecule has 0 atom stereocenters. The van der Waals surface area contributed by atoms with Gasteiger partial charge in [-0.25, -0.2) is 12.8 Å². The van der Waals surface area contributed by atoms with Crippen molar-refractivity contribution >= 4 is 33.2 Å². The van der Waals surface area contributed by atoms with E-state index < -0.39 is 15.8 Å². The Hall–Kier alpha value is -2.12. The van der Waals surface area contributed by atoms with Crippen LogP contribution in [0.3, 0.4) is 0 Å². The second-order valence-corrected chi connectivity index (χ2v) is 7.47. The molecule has 1 N–H and O–H groups in total. The van der Waals surface area contributed by atoms with Crippen molar-refractivity contribution < 1.29 is 17.6 Å². The number of anilines is 1. The third kappa shape index (κ3) is 4.69. The van der Waals surface area contributed by atoms with Gasteiger partial charge in [0.15, 0.2) is 0 Å². The van der Waals surface area contributed by atoms with E-state index in [0.29, 0.717) is 11.3 Å². The fourth-order valence-electron chi connectivity index (χ4n) is 2.11. The van der Waals surface area contributed by atoms with Gasteiger partial charge in [-0.1, -0.05) is 17.7 Å². The number of nitrogens with one attached hydrogen (secondary N) is 1. The maximum atomic E-state index is 13.8. The predicted octanol–water partition coefficient (Wildman–Crippen LogP) is 3.12. The summed E-state index contributed by atoms with van der Waals surface area (Å²) >= 11 is 5.96. The molecule has 0 aromatic heterocycles. The molecule has 2 aromatic carbocycles. The second kappa shape index (κ2) is 7.19. The third-order valence-electron chi connectivity index (χ3n) is 3.24. The predicted molar refractivity (Wildman–Crippen MR) is 92.1 cm³/mol. The highest BCUT2D eigenvalue weighted by molar-refractivity contribution is 7.92. The van der Waals surface area contributed by atoms with E-state index in [2.05, 4.69) is 4.72 Å². The van der Waals surface area contributed by atoms with Gasteiger partial charge in [0, 0.05) is 35.4 Å². The molecule has 24 heavy (non-hydrogen) atoms. The Balaban J connectivity index is 2.13. The summed E-state index contributed by atoms with van der Waals surface area (Å²) in [6.45, 7) is 0.0215. The van der Waals surface area contributed by atoms with E-state index in [1.165, 1.54) is 48.3 Å². The lowest BCUT2D eigenvalue weighted by atomic mass is 10.1. The Morgan fingerprint density at radius 1 is 1.21 bits per heavy atom. The van der Waals surface area contributed by atoms with Crippen LogP contribution in [0.25, 0.3) is 0 Å². The molecule has 0 saturated heterocycles. The number of carbonyl (C=O) groups excluding carboxylic acids is 1. The van der Waals surface area contributed by atoms with Crippen LogP contribution in [-0.4, -0.2) is 32.5 Å². The summed E-state index contributed by atoms with van der Waals surface area (Å²) in [7, 11) is -1.84. The van der Waals surface area contributed by atoms with E-state index in [9.17, 15) is 17.6 Å². The van der Waals surface area contributed by atoms with Crippen LogP contribution in [0.2, 0.25) is 5.02 Å². The first-order valence-electron chi connectivity index (χ1n) is 6.93. The van der Waals surface area contributed by atoms with E-state index in [-0.39, 0.29) is 23.0 Å². The number of nitrogens with zero attached hydrogens (tertiary/aromatic N) is 1. The van der Waals surface area contributed by atoms with Crippen LogP contribution in [-0.2, 0) is 16.6 Å². The minimum absolute atomic E-state index is 0.0215. The third-order valence-corrected chi connectivity index (χ3v) is 4.20. The second-order valence-electron chi connectivity index (χ2n) is 5.31. The molecule has 0 radical (unpaired) electrons. The number of carbonyl (C=O) groups is 1. The van der Waals surface area contributed by atoms with Crippen molar-refractivity contribution in [3.05, 3.63) is 64.4 Å². The molecule has 5 nitrogen and oxygen atoms in total. The number of hydrogen-bond acceptors (Lipinski definition) is 3. The maximum absolute atomic E-state index is 13.8. The van der Waals surface area contributed by atoms with Crippen LogP contribution in [0.1, 0.15) is 15.9 Å². The lowest BCUT2D eigenvalue weighted by Crippen LogP contribution is -2.26.